The van der Waals surface area contributed by atoms with E-state index in [1.807, 2.05) is 5.32 Å². The van der Waals surface area contributed by atoms with Crippen molar-refractivity contribution in [1.82, 2.24) is 5.32 Å². The summed E-state index contributed by atoms with van der Waals surface area (Å²) >= 11 is 0. The monoisotopic (exact) mass is 345 g/mol. The molecule has 0 unspecified atom stereocenters. The Labute approximate surface area is 136 Å². The summed E-state index contributed by atoms with van der Waals surface area (Å²) in [4.78, 5) is 23.3. The second-order valence-corrected chi connectivity index (χ2v) is 6.41. The van der Waals surface area contributed by atoms with E-state index >= 15 is 0 Å². The number of carbonyl (C=O) groups is 2. The molecule has 1 fully saturated rings. The molecule has 3 amide bonds. The summed E-state index contributed by atoms with van der Waals surface area (Å²) in [6.45, 7) is 4.76. The van der Waals surface area contributed by atoms with E-state index in [9.17, 15) is 22.8 Å². The Bertz CT molecular complexity index is 670. The third-order valence-corrected chi connectivity index (χ3v) is 2.94. The maximum atomic E-state index is 13.8. The average Bonchev–Trinajstić information content (AvgIpc) is 3.23. The molecule has 132 valence electrons. The van der Waals surface area contributed by atoms with Crippen LogP contribution in [-0.2, 0) is 4.74 Å². The van der Waals surface area contributed by atoms with Crippen LogP contribution in [-0.4, -0.2) is 23.8 Å². The van der Waals surface area contributed by atoms with Gasteiger partial charge in [-0.05, 0) is 39.7 Å². The van der Waals surface area contributed by atoms with Crippen molar-refractivity contribution < 1.29 is 27.5 Å². The van der Waals surface area contributed by atoms with E-state index in [1.165, 1.54) is 0 Å². The summed E-state index contributed by atoms with van der Waals surface area (Å²) in [5.74, 6) is -4.97. The van der Waals surface area contributed by atoms with Crippen LogP contribution in [0.15, 0.2) is 6.07 Å². The third kappa shape index (κ3) is 4.77. The smallest absolute Gasteiger partial charge is 0.412 e. The predicted molar refractivity (Wildman–Crippen MR) is 81.3 cm³/mol. The molecule has 0 saturated heterocycles. The second-order valence-electron chi connectivity index (χ2n) is 6.41. The summed E-state index contributed by atoms with van der Waals surface area (Å²) in [6, 6.07) is 0.0350. The minimum atomic E-state index is -1.81. The van der Waals surface area contributed by atoms with Gasteiger partial charge in [0, 0.05) is 6.04 Å². The number of urea groups is 1. The Hall–Kier alpha value is -2.45. The first-order chi connectivity index (χ1) is 11.1. The highest BCUT2D eigenvalue weighted by molar-refractivity contribution is 5.92. The molecule has 0 aromatic heterocycles. The van der Waals surface area contributed by atoms with Crippen LogP contribution in [0.25, 0.3) is 0 Å². The molecule has 1 aliphatic rings. The second kappa shape index (κ2) is 6.58. The van der Waals surface area contributed by atoms with Crippen molar-refractivity contribution in [3.8, 4) is 0 Å². The molecule has 0 aliphatic heterocycles. The zero-order valence-electron chi connectivity index (χ0n) is 13.4. The van der Waals surface area contributed by atoms with Gasteiger partial charge in [0.2, 0.25) is 0 Å². The van der Waals surface area contributed by atoms with Crippen molar-refractivity contribution in [2.75, 3.05) is 10.6 Å². The van der Waals surface area contributed by atoms with E-state index in [2.05, 4.69) is 10.6 Å². The largest absolute Gasteiger partial charge is 0.444 e. The van der Waals surface area contributed by atoms with Gasteiger partial charge in [-0.2, -0.15) is 0 Å². The molecule has 1 aromatic rings. The van der Waals surface area contributed by atoms with Crippen LogP contribution in [0.2, 0.25) is 0 Å². The number of halogens is 3. The lowest BCUT2D eigenvalue weighted by molar-refractivity contribution is 0.0635. The minimum absolute atomic E-state index is 0.00212. The lowest BCUT2D eigenvalue weighted by Crippen LogP contribution is -2.31. The van der Waals surface area contributed by atoms with Crippen LogP contribution >= 0.6 is 0 Å². The predicted octanol–water partition coefficient (Wildman–Crippen LogP) is 3.73. The van der Waals surface area contributed by atoms with Crippen LogP contribution in [0.1, 0.15) is 33.6 Å². The first kappa shape index (κ1) is 17.9. The van der Waals surface area contributed by atoms with Crippen molar-refractivity contribution in [1.29, 1.82) is 0 Å². The molecule has 0 atom stereocenters. The zero-order chi connectivity index (χ0) is 18.1. The van der Waals surface area contributed by atoms with Gasteiger partial charge in [-0.3, -0.25) is 5.32 Å². The molecular weight excluding hydrogens is 327 g/mol. The highest BCUT2D eigenvalue weighted by Gasteiger charge is 2.26. The van der Waals surface area contributed by atoms with Gasteiger partial charge in [0.1, 0.15) is 5.60 Å². The molecule has 0 bridgehead atoms. The quantitative estimate of drug-likeness (QED) is 0.730. The maximum absolute atomic E-state index is 13.8. The normalized spacial score (nSPS) is 14.1. The van der Waals surface area contributed by atoms with Gasteiger partial charge in [0.05, 0.1) is 11.4 Å². The van der Waals surface area contributed by atoms with Gasteiger partial charge in [-0.15, -0.1) is 0 Å². The SMILES string of the molecule is CC(C)(C)OC(=O)Nc1cc(NC(=O)NC2CC2)c(F)c(F)c1F. The van der Waals surface area contributed by atoms with Crippen molar-refractivity contribution in [3.63, 3.8) is 0 Å². The average molecular weight is 345 g/mol. The van der Waals surface area contributed by atoms with Gasteiger partial charge in [-0.1, -0.05) is 0 Å². The molecule has 3 N–H and O–H groups in total. The number of hydrogen-bond acceptors (Lipinski definition) is 3. The summed E-state index contributed by atoms with van der Waals surface area (Å²) in [6.07, 6.45) is 0.568. The van der Waals surface area contributed by atoms with Crippen LogP contribution in [0, 0.1) is 17.5 Å². The highest BCUT2D eigenvalue weighted by Crippen LogP contribution is 2.28. The topological polar surface area (TPSA) is 79.5 Å². The number of benzene rings is 1. The fourth-order valence-corrected chi connectivity index (χ4v) is 1.77. The Morgan fingerprint density at radius 3 is 2.08 bits per heavy atom. The van der Waals surface area contributed by atoms with E-state index in [1.54, 1.807) is 20.8 Å². The highest BCUT2D eigenvalue weighted by atomic mass is 19.2. The molecule has 0 radical (unpaired) electrons. The third-order valence-electron chi connectivity index (χ3n) is 2.94. The molecule has 24 heavy (non-hydrogen) atoms. The van der Waals surface area contributed by atoms with E-state index < -0.39 is 46.6 Å². The van der Waals surface area contributed by atoms with Gasteiger partial charge in [0.25, 0.3) is 0 Å². The van der Waals surface area contributed by atoms with Crippen LogP contribution in [0.5, 0.6) is 0 Å². The van der Waals surface area contributed by atoms with Crippen LogP contribution in [0.4, 0.5) is 34.1 Å². The Morgan fingerprint density at radius 1 is 1.04 bits per heavy atom. The number of hydrogen-bond donors (Lipinski definition) is 3. The molecule has 1 aromatic carbocycles. The van der Waals surface area contributed by atoms with Crippen molar-refractivity contribution >= 4 is 23.5 Å². The molecule has 6 nitrogen and oxygen atoms in total. The first-order valence-corrected chi connectivity index (χ1v) is 7.32. The van der Waals surface area contributed by atoms with Gasteiger partial charge in [0.15, 0.2) is 17.5 Å². The summed E-state index contributed by atoms with van der Waals surface area (Å²) in [5.41, 5.74) is -2.10. The van der Waals surface area contributed by atoms with Crippen molar-refractivity contribution in [3.05, 3.63) is 23.5 Å². The summed E-state index contributed by atoms with van der Waals surface area (Å²) in [7, 11) is 0. The fourth-order valence-electron chi connectivity index (χ4n) is 1.77. The van der Waals surface area contributed by atoms with Crippen molar-refractivity contribution in [2.24, 2.45) is 0 Å². The van der Waals surface area contributed by atoms with Crippen LogP contribution in [0.3, 0.4) is 0 Å². The molecule has 0 heterocycles. The number of anilines is 2. The fraction of sp³-hybridized carbons (Fsp3) is 0.467. The molecule has 9 heteroatoms. The lowest BCUT2D eigenvalue weighted by Gasteiger charge is -2.20. The summed E-state index contributed by atoms with van der Waals surface area (Å²) in [5, 5.41) is 6.58. The minimum Gasteiger partial charge on any atom is -0.444 e. The lowest BCUT2D eigenvalue weighted by atomic mass is 10.2. The van der Waals surface area contributed by atoms with Gasteiger partial charge >= 0.3 is 12.1 Å². The van der Waals surface area contributed by atoms with Crippen molar-refractivity contribution in [2.45, 2.75) is 45.3 Å². The number of carbonyl (C=O) groups excluding carboxylic acids is 2. The van der Waals surface area contributed by atoms with Crippen LogP contribution < -0.4 is 16.0 Å². The number of rotatable bonds is 3. The molecule has 0 spiro atoms. The first-order valence-electron chi connectivity index (χ1n) is 7.32. The van der Waals surface area contributed by atoms with Gasteiger partial charge < -0.3 is 15.4 Å². The number of amides is 3. The number of ether oxygens (including phenoxy) is 1. The zero-order valence-corrected chi connectivity index (χ0v) is 13.4. The van der Waals surface area contributed by atoms with E-state index in [4.69, 9.17) is 4.74 Å². The Kier molecular flexibility index (Phi) is 4.91. The van der Waals surface area contributed by atoms with E-state index in [0.717, 1.165) is 18.9 Å². The molecule has 1 aliphatic carbocycles. The Balaban J connectivity index is 2.18. The molecule has 1 saturated carbocycles. The maximum Gasteiger partial charge on any atom is 0.412 e. The molecule has 2 rings (SSSR count). The molecular formula is C15H18F3N3O3. The Morgan fingerprint density at radius 2 is 1.58 bits per heavy atom. The van der Waals surface area contributed by atoms with E-state index in [-0.39, 0.29) is 6.04 Å². The van der Waals surface area contributed by atoms with E-state index in [0.29, 0.717) is 0 Å². The van der Waals surface area contributed by atoms with Gasteiger partial charge in [-0.25, -0.2) is 22.8 Å². The summed E-state index contributed by atoms with van der Waals surface area (Å²) < 4.78 is 46.1. The standard InChI is InChI=1S/C15H18F3N3O3/c1-15(2,3)24-14(23)21-9-6-8(10(16)12(18)11(9)17)20-13(22)19-7-4-5-7/h6-7H,4-5H2,1-3H3,(H,21,23)(H2,19,20,22). The number of nitrogens with one attached hydrogen (secondary N) is 3.